The summed E-state index contributed by atoms with van der Waals surface area (Å²) in [6.07, 6.45) is 8.94. The number of fused-ring (bicyclic) bond motifs is 1. The van der Waals surface area contributed by atoms with Crippen molar-refractivity contribution < 1.29 is 29.1 Å². The number of aliphatic hydroxyl groups excluding tert-OH is 1. The van der Waals surface area contributed by atoms with Crippen molar-refractivity contribution in [2.75, 3.05) is 63.8 Å². The second-order valence-corrected chi connectivity index (χ2v) is 20.2. The molecule has 16 nitrogen and oxygen atoms in total. The zero-order valence-electron chi connectivity index (χ0n) is 40.8. The normalized spacial score (nSPS) is 18.6. The van der Waals surface area contributed by atoms with E-state index in [9.17, 15) is 29.1 Å². The number of hydrogen-bond donors (Lipinski definition) is 5. The molecule has 5 atom stereocenters. The smallest absolute Gasteiger partial charge is 0.243 e. The number of hydrogen-bond acceptors (Lipinski definition) is 12. The molecule has 2 saturated heterocycles. The Morgan fingerprint density at radius 3 is 2.26 bits per heavy atom. The first kappa shape index (κ1) is 52.3. The van der Waals surface area contributed by atoms with Crippen molar-refractivity contribution in [1.82, 2.24) is 46.0 Å². The lowest BCUT2D eigenvalue weighted by atomic mass is 9.97. The first-order valence-corrected chi connectivity index (χ1v) is 26.3. The Morgan fingerprint density at radius 2 is 1.53 bits per heavy atom. The largest absolute Gasteiger partial charge is 0.387 e. The van der Waals surface area contributed by atoms with E-state index in [4.69, 9.17) is 11.6 Å². The summed E-state index contributed by atoms with van der Waals surface area (Å²) in [5.41, 5.74) is 7.47. The molecule has 2 aromatic heterocycles. The Kier molecular flexibility index (Phi) is 19.1. The molecule has 4 heterocycles. The number of carbonyl (C=O) groups is 5. The summed E-state index contributed by atoms with van der Waals surface area (Å²) >= 11 is 7.79. The molecule has 0 unspecified atom stereocenters. The average Bonchev–Trinajstić information content (AvgIpc) is 4.11. The van der Waals surface area contributed by atoms with Crippen molar-refractivity contribution in [3.8, 4) is 10.4 Å². The quantitative estimate of drug-likeness (QED) is 0.0519. The summed E-state index contributed by atoms with van der Waals surface area (Å²) < 4.78 is 0. The summed E-state index contributed by atoms with van der Waals surface area (Å²) in [7, 11) is 0. The van der Waals surface area contributed by atoms with Crippen LogP contribution in [0.5, 0.6) is 0 Å². The summed E-state index contributed by atoms with van der Waals surface area (Å²) in [6.45, 7) is 10.1. The zero-order chi connectivity index (χ0) is 49.6. The number of thiazole rings is 1. The fourth-order valence-electron chi connectivity index (χ4n) is 9.84. The number of unbranched alkanes of at least 4 members (excludes halogenated alkanes) is 5. The predicted octanol–water partition coefficient (Wildman–Crippen LogP) is 6.35. The lowest BCUT2D eigenvalue weighted by Gasteiger charge is -2.38. The molecule has 0 radical (unpaired) electrons. The van der Waals surface area contributed by atoms with Crippen LogP contribution in [-0.2, 0) is 24.0 Å². The van der Waals surface area contributed by atoms with E-state index in [1.165, 1.54) is 6.33 Å². The van der Waals surface area contributed by atoms with Gasteiger partial charge in [0.15, 0.2) is 0 Å². The molecular weight excluding hydrogens is 928 g/mol. The number of carbonyl (C=O) groups excluding carboxylic acids is 5. The maximum atomic E-state index is 14.0. The van der Waals surface area contributed by atoms with Crippen molar-refractivity contribution in [2.45, 2.75) is 121 Å². The number of benzene rings is 2. The number of aryl methyl sites for hydroxylation is 1. The number of piperazine rings is 1. The monoisotopic (exact) mass is 996 g/mol. The average molecular weight is 998 g/mol. The Morgan fingerprint density at radius 1 is 0.829 bits per heavy atom. The molecule has 1 aliphatic carbocycles. The van der Waals surface area contributed by atoms with E-state index in [2.05, 4.69) is 48.0 Å². The molecule has 2 aromatic carbocycles. The van der Waals surface area contributed by atoms with E-state index in [0.717, 1.165) is 83.6 Å². The van der Waals surface area contributed by atoms with Crippen molar-refractivity contribution in [3.05, 3.63) is 93.5 Å². The highest BCUT2D eigenvalue weighted by Gasteiger charge is 2.36. The Balaban J connectivity index is 0.719. The molecule has 376 valence electrons. The van der Waals surface area contributed by atoms with E-state index in [-0.39, 0.29) is 48.0 Å². The van der Waals surface area contributed by atoms with Crippen LogP contribution in [0.4, 0.5) is 5.82 Å². The van der Waals surface area contributed by atoms with Gasteiger partial charge >= 0.3 is 0 Å². The van der Waals surface area contributed by atoms with E-state index in [0.29, 0.717) is 88.8 Å². The van der Waals surface area contributed by atoms with Crippen LogP contribution < -0.4 is 26.2 Å². The first-order chi connectivity index (χ1) is 33.9. The number of amides is 5. The van der Waals surface area contributed by atoms with Gasteiger partial charge in [0.05, 0.1) is 46.4 Å². The third-order valence-electron chi connectivity index (χ3n) is 13.9. The van der Waals surface area contributed by atoms with E-state index >= 15 is 0 Å². The van der Waals surface area contributed by atoms with Crippen molar-refractivity contribution in [2.24, 2.45) is 0 Å². The van der Waals surface area contributed by atoms with E-state index < -0.39 is 18.1 Å². The van der Waals surface area contributed by atoms with Crippen LogP contribution >= 0.6 is 22.9 Å². The number of anilines is 1. The topological polar surface area (TPSA) is 202 Å². The van der Waals surface area contributed by atoms with E-state index in [1.54, 1.807) is 28.4 Å². The highest BCUT2D eigenvalue weighted by molar-refractivity contribution is 7.13. The van der Waals surface area contributed by atoms with Gasteiger partial charge in [0.2, 0.25) is 29.5 Å². The Bertz CT molecular complexity index is 2390. The van der Waals surface area contributed by atoms with Crippen LogP contribution in [0.3, 0.4) is 0 Å². The van der Waals surface area contributed by atoms with Gasteiger partial charge in [-0.25, -0.2) is 15.0 Å². The number of aliphatic hydroxyl groups is 1. The number of aromatic nitrogens is 3. The highest BCUT2D eigenvalue weighted by Crippen LogP contribution is 2.43. The molecule has 7 rings (SSSR count). The first-order valence-electron chi connectivity index (χ1n) is 25.0. The predicted molar refractivity (Wildman–Crippen MR) is 272 cm³/mol. The molecule has 5 amide bonds. The molecule has 2 fully saturated rings. The van der Waals surface area contributed by atoms with Crippen molar-refractivity contribution in [3.63, 3.8) is 0 Å². The second-order valence-electron chi connectivity index (χ2n) is 18.9. The van der Waals surface area contributed by atoms with E-state index in [1.807, 2.05) is 60.7 Å². The standard InChI is InChI=1S/C52H69ClN10O6S/c1-34-29-43(64)48-47(34)50(58-32-57-48)61-25-27-62(28-26-61)52(69)41(38-17-19-40(53)20-18-38)30-54-23-21-45(66)55-22-9-7-5-4-6-8-12-44(65)56-31-46(67)63-24-10-11-42(63)51(68)60-35(2)37-13-15-39(16-14-37)49-36(3)59-33-70-49/h13-20,32-35,41-43,54,64H,4-12,21-31H2,1-3H3,(H,55,66)(H,56,65)(H,60,68)/t34-,35+,41-,42+,43-/m1/s1. The molecule has 3 aliphatic rings. The third-order valence-corrected chi connectivity index (χ3v) is 15.1. The maximum Gasteiger partial charge on any atom is 0.243 e. The zero-order valence-corrected chi connectivity index (χ0v) is 42.3. The van der Waals surface area contributed by atoms with Crippen LogP contribution in [0, 0.1) is 6.92 Å². The molecule has 0 saturated carbocycles. The van der Waals surface area contributed by atoms with Gasteiger partial charge in [-0.3, -0.25) is 24.0 Å². The van der Waals surface area contributed by atoms with Gasteiger partial charge in [-0.15, -0.1) is 11.3 Å². The van der Waals surface area contributed by atoms with Gasteiger partial charge in [0, 0.05) is 75.8 Å². The summed E-state index contributed by atoms with van der Waals surface area (Å²) in [4.78, 5) is 85.7. The fraction of sp³-hybridized carbons (Fsp3) is 0.538. The minimum atomic E-state index is -0.574. The molecule has 2 aliphatic heterocycles. The minimum absolute atomic E-state index is 0.0213. The second kappa shape index (κ2) is 25.6. The van der Waals surface area contributed by atoms with Crippen LogP contribution in [-0.4, -0.2) is 124 Å². The van der Waals surface area contributed by atoms with Gasteiger partial charge in [0.25, 0.3) is 0 Å². The van der Waals surface area contributed by atoms with Crippen LogP contribution in [0.25, 0.3) is 10.4 Å². The molecule has 5 N–H and O–H groups in total. The molecule has 18 heteroatoms. The lowest BCUT2D eigenvalue weighted by Crippen LogP contribution is -2.51. The molecule has 70 heavy (non-hydrogen) atoms. The van der Waals surface area contributed by atoms with Gasteiger partial charge in [0.1, 0.15) is 18.2 Å². The van der Waals surface area contributed by atoms with Gasteiger partial charge in [-0.2, -0.15) is 0 Å². The number of likely N-dealkylation sites (tertiary alicyclic amines) is 1. The third kappa shape index (κ3) is 13.9. The number of nitrogens with one attached hydrogen (secondary N) is 4. The van der Waals surface area contributed by atoms with Gasteiger partial charge in [-0.1, -0.05) is 80.6 Å². The number of rotatable bonds is 23. The summed E-state index contributed by atoms with van der Waals surface area (Å²) in [5, 5.41) is 23.3. The van der Waals surface area contributed by atoms with Crippen LogP contribution in [0.2, 0.25) is 5.02 Å². The fourth-order valence-corrected chi connectivity index (χ4v) is 10.8. The molecule has 0 bridgehead atoms. The lowest BCUT2D eigenvalue weighted by molar-refractivity contribution is -0.139. The Hall–Kier alpha value is -5.49. The Labute approximate surface area is 420 Å². The highest BCUT2D eigenvalue weighted by atomic mass is 35.5. The summed E-state index contributed by atoms with van der Waals surface area (Å²) in [6, 6.07) is 14.7. The van der Waals surface area contributed by atoms with Crippen molar-refractivity contribution in [1.29, 1.82) is 0 Å². The van der Waals surface area contributed by atoms with Crippen LogP contribution in [0.15, 0.2) is 60.4 Å². The maximum absolute atomic E-state index is 14.0. The van der Waals surface area contributed by atoms with Crippen molar-refractivity contribution >= 4 is 58.3 Å². The molecular formula is C52H69ClN10O6S. The number of halogens is 1. The molecule has 4 aromatic rings. The molecule has 0 spiro atoms. The van der Waals surface area contributed by atoms with Crippen LogP contribution in [0.1, 0.15) is 137 Å². The number of nitrogens with zero attached hydrogens (tertiary/aromatic N) is 6. The summed E-state index contributed by atoms with van der Waals surface area (Å²) in [5.74, 6) is -0.0487. The van der Waals surface area contributed by atoms with Gasteiger partial charge in [-0.05, 0) is 80.7 Å². The SMILES string of the molecule is Cc1ncsc1-c1ccc([C@H](C)NC(=O)[C@@H]2CCCN2C(=O)CNC(=O)CCCCCCCCNC(=O)CCNC[C@@H](C(=O)N2CCN(c3ncnc4c3[C@H](C)C[C@H]4O)CC2)c2ccc(Cl)cc2)cc1. The minimum Gasteiger partial charge on any atom is -0.387 e. The van der Waals surface area contributed by atoms with Gasteiger partial charge < -0.3 is 41.1 Å².